The monoisotopic (exact) mass is 417 g/mol. The summed E-state index contributed by atoms with van der Waals surface area (Å²) in [6.45, 7) is 13.1. The molecule has 1 aromatic rings. The lowest BCUT2D eigenvalue weighted by Crippen LogP contribution is -2.50. The number of rotatable bonds is 5. The molecule has 2 fully saturated rings. The average Bonchev–Trinajstić information content (AvgIpc) is 3.09. The van der Waals surface area contributed by atoms with Gasteiger partial charge < -0.3 is 14.5 Å². The molecular formula is C22H35N5O3. The van der Waals surface area contributed by atoms with Crippen LogP contribution in [-0.2, 0) is 4.74 Å². The number of benzene rings is 1. The van der Waals surface area contributed by atoms with Crippen LogP contribution in [-0.4, -0.2) is 66.5 Å². The Morgan fingerprint density at radius 1 is 1.03 bits per heavy atom. The van der Waals surface area contributed by atoms with Gasteiger partial charge in [0.05, 0.1) is 6.67 Å². The van der Waals surface area contributed by atoms with Gasteiger partial charge in [0.1, 0.15) is 5.60 Å². The molecule has 30 heavy (non-hydrogen) atoms. The van der Waals surface area contributed by atoms with Crippen LogP contribution in [0.1, 0.15) is 47.5 Å². The van der Waals surface area contributed by atoms with Gasteiger partial charge in [0.25, 0.3) is 0 Å². The van der Waals surface area contributed by atoms with Crippen LogP contribution in [0.25, 0.3) is 0 Å². The number of anilines is 2. The molecule has 0 saturated carbocycles. The van der Waals surface area contributed by atoms with E-state index >= 15 is 0 Å². The smallest absolute Gasteiger partial charge is 0.410 e. The summed E-state index contributed by atoms with van der Waals surface area (Å²) in [6, 6.07) is 8.29. The largest absolute Gasteiger partial charge is 0.444 e. The number of hydrazine groups is 1. The predicted molar refractivity (Wildman–Crippen MR) is 119 cm³/mol. The highest BCUT2D eigenvalue weighted by Crippen LogP contribution is 2.25. The Bertz CT molecular complexity index is 734. The van der Waals surface area contributed by atoms with Crippen molar-refractivity contribution in [1.29, 1.82) is 0 Å². The molecule has 3 amide bonds. The highest BCUT2D eigenvalue weighted by Gasteiger charge is 2.33. The summed E-state index contributed by atoms with van der Waals surface area (Å²) in [4.78, 5) is 30.8. The first-order chi connectivity index (χ1) is 14.2. The first-order valence-corrected chi connectivity index (χ1v) is 10.9. The van der Waals surface area contributed by atoms with E-state index in [1.165, 1.54) is 0 Å². The molecule has 0 radical (unpaired) electrons. The first-order valence-electron chi connectivity index (χ1n) is 10.9. The number of carbonyl (C=O) groups is 2. The molecule has 2 saturated heterocycles. The molecule has 2 aliphatic heterocycles. The number of carbonyl (C=O) groups excluding carboxylic acids is 2. The third-order valence-electron chi connectivity index (χ3n) is 5.60. The molecule has 2 aliphatic rings. The highest BCUT2D eigenvalue weighted by atomic mass is 16.6. The van der Waals surface area contributed by atoms with Gasteiger partial charge >= 0.3 is 12.1 Å². The minimum Gasteiger partial charge on any atom is -0.444 e. The van der Waals surface area contributed by atoms with Crippen molar-refractivity contribution in [3.8, 4) is 0 Å². The van der Waals surface area contributed by atoms with Crippen molar-refractivity contribution < 1.29 is 14.3 Å². The Labute approximate surface area is 179 Å². The second kappa shape index (κ2) is 9.12. The zero-order valence-corrected chi connectivity index (χ0v) is 18.9. The Balaban J connectivity index is 1.57. The van der Waals surface area contributed by atoms with Crippen molar-refractivity contribution in [2.24, 2.45) is 0 Å². The van der Waals surface area contributed by atoms with E-state index in [4.69, 9.17) is 4.74 Å². The molecule has 0 unspecified atom stereocenters. The summed E-state index contributed by atoms with van der Waals surface area (Å²) < 4.78 is 5.46. The molecule has 8 nitrogen and oxygen atoms in total. The Hall–Kier alpha value is -2.48. The predicted octanol–water partition coefficient (Wildman–Crippen LogP) is 3.64. The summed E-state index contributed by atoms with van der Waals surface area (Å²) in [5.41, 5.74) is 4.72. The highest BCUT2D eigenvalue weighted by molar-refractivity contribution is 5.93. The fraction of sp³-hybridized carbons (Fsp3) is 0.636. The standard InChI is InChI=1S/C22H35N5O3/c1-6-17(7-2)27-20(28)26(16-23-27)19-10-8-18(9-11-19)24-12-14-25(15-13-24)21(29)30-22(3,4)5/h8-11,17,23H,6-7,12-16H2,1-5H3. The average molecular weight is 418 g/mol. The fourth-order valence-corrected chi connectivity index (χ4v) is 3.87. The van der Waals surface area contributed by atoms with Gasteiger partial charge in [0, 0.05) is 43.6 Å². The molecular weight excluding hydrogens is 382 g/mol. The van der Waals surface area contributed by atoms with E-state index in [0.717, 1.165) is 37.3 Å². The van der Waals surface area contributed by atoms with Crippen molar-refractivity contribution in [2.75, 3.05) is 42.6 Å². The molecule has 1 N–H and O–H groups in total. The summed E-state index contributed by atoms with van der Waals surface area (Å²) in [7, 11) is 0. The van der Waals surface area contributed by atoms with Gasteiger partial charge in [-0.1, -0.05) is 13.8 Å². The number of piperazine rings is 1. The molecule has 8 heteroatoms. The maximum absolute atomic E-state index is 12.8. The minimum atomic E-state index is -0.476. The lowest BCUT2D eigenvalue weighted by Gasteiger charge is -2.36. The van der Waals surface area contributed by atoms with E-state index in [9.17, 15) is 9.59 Å². The number of hydrogen-bond acceptors (Lipinski definition) is 5. The van der Waals surface area contributed by atoms with Crippen molar-refractivity contribution in [3.05, 3.63) is 24.3 Å². The third kappa shape index (κ3) is 4.98. The number of hydrogen-bond donors (Lipinski definition) is 1. The van der Waals surface area contributed by atoms with E-state index in [-0.39, 0.29) is 18.2 Å². The van der Waals surface area contributed by atoms with Crippen LogP contribution in [0.4, 0.5) is 21.0 Å². The van der Waals surface area contributed by atoms with Crippen LogP contribution in [0.2, 0.25) is 0 Å². The van der Waals surface area contributed by atoms with Crippen molar-refractivity contribution >= 4 is 23.5 Å². The number of nitrogens with one attached hydrogen (secondary N) is 1. The molecule has 0 atom stereocenters. The van der Waals surface area contributed by atoms with Gasteiger partial charge in [-0.15, -0.1) is 0 Å². The van der Waals surface area contributed by atoms with E-state index in [0.29, 0.717) is 19.8 Å². The number of amides is 3. The fourth-order valence-electron chi connectivity index (χ4n) is 3.87. The Morgan fingerprint density at radius 2 is 1.60 bits per heavy atom. The van der Waals surface area contributed by atoms with Gasteiger partial charge in [-0.2, -0.15) is 0 Å². The molecule has 0 aromatic heterocycles. The lowest BCUT2D eigenvalue weighted by atomic mass is 10.2. The second-order valence-electron chi connectivity index (χ2n) is 8.84. The third-order valence-corrected chi connectivity index (χ3v) is 5.60. The van der Waals surface area contributed by atoms with E-state index < -0.39 is 5.60 Å². The van der Waals surface area contributed by atoms with Crippen molar-refractivity contribution in [2.45, 2.75) is 59.1 Å². The Morgan fingerprint density at radius 3 is 2.13 bits per heavy atom. The molecule has 0 bridgehead atoms. The summed E-state index contributed by atoms with van der Waals surface area (Å²) in [5, 5.41) is 1.75. The SMILES string of the molecule is CCC(CC)N1NCN(c2ccc(N3CCN(C(=O)OC(C)(C)C)CC3)cc2)C1=O. The van der Waals surface area contributed by atoms with Crippen LogP contribution in [0.3, 0.4) is 0 Å². The molecule has 0 spiro atoms. The Kier molecular flexibility index (Phi) is 6.75. The summed E-state index contributed by atoms with van der Waals surface area (Å²) >= 11 is 0. The van der Waals surface area contributed by atoms with Crippen LogP contribution in [0, 0.1) is 0 Å². The maximum atomic E-state index is 12.8. The molecule has 3 rings (SSSR count). The van der Waals surface area contributed by atoms with Crippen molar-refractivity contribution in [3.63, 3.8) is 0 Å². The van der Waals surface area contributed by atoms with Crippen molar-refractivity contribution in [1.82, 2.24) is 15.3 Å². The topological polar surface area (TPSA) is 68.4 Å². The normalized spacial score (nSPS) is 17.9. The van der Waals surface area contributed by atoms with Crippen LogP contribution in [0.5, 0.6) is 0 Å². The molecule has 166 valence electrons. The molecule has 0 aliphatic carbocycles. The first kappa shape index (κ1) is 22.2. The summed E-state index contributed by atoms with van der Waals surface area (Å²) in [6.07, 6.45) is 1.61. The van der Waals surface area contributed by atoms with Crippen LogP contribution >= 0.6 is 0 Å². The van der Waals surface area contributed by atoms with E-state index in [2.05, 4.69) is 24.2 Å². The second-order valence-corrected chi connectivity index (χ2v) is 8.84. The molecule has 1 aromatic carbocycles. The zero-order valence-electron chi connectivity index (χ0n) is 18.9. The zero-order chi connectivity index (χ0) is 21.9. The quantitative estimate of drug-likeness (QED) is 0.792. The van der Waals surface area contributed by atoms with Gasteiger partial charge in [-0.05, 0) is 57.9 Å². The summed E-state index contributed by atoms with van der Waals surface area (Å²) in [5.74, 6) is 0. The van der Waals surface area contributed by atoms with Gasteiger partial charge in [-0.3, -0.25) is 9.91 Å². The van der Waals surface area contributed by atoms with Gasteiger partial charge in [0.2, 0.25) is 0 Å². The molecule has 2 heterocycles. The van der Waals surface area contributed by atoms with Gasteiger partial charge in [0.15, 0.2) is 0 Å². The van der Waals surface area contributed by atoms with Gasteiger partial charge in [-0.25, -0.2) is 15.0 Å². The number of nitrogens with zero attached hydrogens (tertiary/aromatic N) is 4. The lowest BCUT2D eigenvalue weighted by molar-refractivity contribution is 0.0240. The maximum Gasteiger partial charge on any atom is 0.410 e. The van der Waals surface area contributed by atoms with E-state index in [1.807, 2.05) is 45.0 Å². The number of ether oxygens (including phenoxy) is 1. The number of urea groups is 1. The minimum absolute atomic E-state index is 0.00225. The van der Waals surface area contributed by atoms with Crippen LogP contribution in [0.15, 0.2) is 24.3 Å². The van der Waals surface area contributed by atoms with E-state index in [1.54, 1.807) is 14.8 Å². The van der Waals surface area contributed by atoms with Crippen LogP contribution < -0.4 is 15.2 Å².